The summed E-state index contributed by atoms with van der Waals surface area (Å²) >= 11 is 0. The molecule has 2 aromatic rings. The van der Waals surface area contributed by atoms with E-state index in [0.717, 1.165) is 18.0 Å². The number of imidazole rings is 1. The molecular formula is C15H19N3. The SMILES string of the molecule is c1ccc2c(c1)nc(C1CC1)n2C[C@H]1CCCN1. The second-order valence-electron chi connectivity index (χ2n) is 5.64. The zero-order valence-electron chi connectivity index (χ0n) is 10.6. The van der Waals surface area contributed by atoms with Crippen molar-refractivity contribution in [2.75, 3.05) is 6.54 Å². The Morgan fingerprint density at radius 2 is 2.11 bits per heavy atom. The third kappa shape index (κ3) is 1.74. The van der Waals surface area contributed by atoms with E-state index in [2.05, 4.69) is 34.1 Å². The lowest BCUT2D eigenvalue weighted by Gasteiger charge is -2.14. The van der Waals surface area contributed by atoms with Gasteiger partial charge in [-0.1, -0.05) is 12.1 Å². The second kappa shape index (κ2) is 4.09. The van der Waals surface area contributed by atoms with E-state index in [1.807, 2.05) is 0 Å². The molecule has 1 aliphatic heterocycles. The molecule has 4 rings (SSSR count). The highest BCUT2D eigenvalue weighted by Crippen LogP contribution is 2.40. The number of hydrogen-bond acceptors (Lipinski definition) is 2. The summed E-state index contributed by atoms with van der Waals surface area (Å²) in [5, 5.41) is 3.60. The van der Waals surface area contributed by atoms with Gasteiger partial charge >= 0.3 is 0 Å². The Morgan fingerprint density at radius 1 is 1.22 bits per heavy atom. The van der Waals surface area contributed by atoms with Crippen molar-refractivity contribution in [2.24, 2.45) is 0 Å². The van der Waals surface area contributed by atoms with E-state index >= 15 is 0 Å². The van der Waals surface area contributed by atoms with Gasteiger partial charge in [-0.2, -0.15) is 0 Å². The minimum Gasteiger partial charge on any atom is -0.326 e. The van der Waals surface area contributed by atoms with Crippen LogP contribution in [0.3, 0.4) is 0 Å². The van der Waals surface area contributed by atoms with Gasteiger partial charge in [-0.05, 0) is 44.4 Å². The van der Waals surface area contributed by atoms with Crippen molar-refractivity contribution in [2.45, 2.75) is 44.2 Å². The lowest BCUT2D eigenvalue weighted by Crippen LogP contribution is -2.27. The summed E-state index contributed by atoms with van der Waals surface area (Å²) in [5.74, 6) is 2.05. The Bertz CT molecular complexity index is 562. The quantitative estimate of drug-likeness (QED) is 0.895. The third-order valence-electron chi connectivity index (χ3n) is 4.19. The van der Waals surface area contributed by atoms with Crippen LogP contribution < -0.4 is 5.32 Å². The van der Waals surface area contributed by atoms with Gasteiger partial charge in [0.2, 0.25) is 0 Å². The van der Waals surface area contributed by atoms with E-state index < -0.39 is 0 Å². The molecule has 0 amide bonds. The molecule has 0 spiro atoms. The van der Waals surface area contributed by atoms with E-state index in [-0.39, 0.29) is 0 Å². The molecular weight excluding hydrogens is 222 g/mol. The number of hydrogen-bond donors (Lipinski definition) is 1. The number of benzene rings is 1. The number of nitrogens with one attached hydrogen (secondary N) is 1. The number of para-hydroxylation sites is 2. The van der Waals surface area contributed by atoms with Crippen LogP contribution in [0.15, 0.2) is 24.3 Å². The smallest absolute Gasteiger partial charge is 0.113 e. The Hall–Kier alpha value is -1.35. The van der Waals surface area contributed by atoms with Crippen LogP contribution in [0.1, 0.15) is 37.4 Å². The van der Waals surface area contributed by atoms with E-state index in [4.69, 9.17) is 4.98 Å². The predicted molar refractivity (Wildman–Crippen MR) is 72.7 cm³/mol. The van der Waals surface area contributed by atoms with Gasteiger partial charge in [0.1, 0.15) is 5.82 Å². The van der Waals surface area contributed by atoms with Crippen LogP contribution in [0.25, 0.3) is 11.0 Å². The van der Waals surface area contributed by atoms with Gasteiger partial charge in [-0.25, -0.2) is 4.98 Å². The fraction of sp³-hybridized carbons (Fsp3) is 0.533. The molecule has 0 bridgehead atoms. The summed E-state index contributed by atoms with van der Waals surface area (Å²) in [6.45, 7) is 2.27. The number of rotatable bonds is 3. The van der Waals surface area contributed by atoms with Crippen LogP contribution in [0.5, 0.6) is 0 Å². The van der Waals surface area contributed by atoms with Crippen molar-refractivity contribution < 1.29 is 0 Å². The molecule has 1 aromatic heterocycles. The highest BCUT2D eigenvalue weighted by Gasteiger charge is 2.30. The van der Waals surface area contributed by atoms with Crippen LogP contribution in [0.2, 0.25) is 0 Å². The molecule has 1 saturated heterocycles. The molecule has 1 atom stereocenters. The van der Waals surface area contributed by atoms with Gasteiger partial charge in [0.25, 0.3) is 0 Å². The van der Waals surface area contributed by atoms with Gasteiger partial charge in [-0.15, -0.1) is 0 Å². The summed E-state index contributed by atoms with van der Waals surface area (Å²) in [4.78, 5) is 4.85. The van der Waals surface area contributed by atoms with Crippen LogP contribution in [-0.2, 0) is 6.54 Å². The van der Waals surface area contributed by atoms with Gasteiger partial charge in [-0.3, -0.25) is 0 Å². The zero-order chi connectivity index (χ0) is 11.9. The largest absolute Gasteiger partial charge is 0.326 e. The average Bonchev–Trinajstić information content (AvgIpc) is 2.99. The van der Waals surface area contributed by atoms with Crippen molar-refractivity contribution in [3.05, 3.63) is 30.1 Å². The maximum Gasteiger partial charge on any atom is 0.113 e. The summed E-state index contributed by atoms with van der Waals surface area (Å²) in [5.41, 5.74) is 2.48. The Kier molecular flexibility index (Phi) is 2.40. The van der Waals surface area contributed by atoms with Crippen LogP contribution in [0, 0.1) is 0 Å². The second-order valence-corrected chi connectivity index (χ2v) is 5.64. The van der Waals surface area contributed by atoms with Crippen LogP contribution in [0.4, 0.5) is 0 Å². The standard InChI is InChI=1S/C15H19N3/c1-2-6-14-13(5-1)17-15(11-7-8-11)18(14)10-12-4-3-9-16-12/h1-2,5-6,11-12,16H,3-4,7-10H2/t12-/m1/s1. The maximum absolute atomic E-state index is 4.85. The molecule has 1 aliphatic carbocycles. The van der Waals surface area contributed by atoms with Crippen molar-refractivity contribution >= 4 is 11.0 Å². The van der Waals surface area contributed by atoms with Crippen molar-refractivity contribution in [3.8, 4) is 0 Å². The maximum atomic E-state index is 4.85. The minimum absolute atomic E-state index is 0.639. The van der Waals surface area contributed by atoms with Crippen molar-refractivity contribution in [3.63, 3.8) is 0 Å². The Balaban J connectivity index is 1.77. The van der Waals surface area contributed by atoms with Gasteiger partial charge in [0, 0.05) is 18.5 Å². The molecule has 2 fully saturated rings. The zero-order valence-corrected chi connectivity index (χ0v) is 10.6. The first-order valence-electron chi connectivity index (χ1n) is 7.10. The Morgan fingerprint density at radius 3 is 2.89 bits per heavy atom. The lowest BCUT2D eigenvalue weighted by atomic mass is 10.2. The number of nitrogens with zero attached hydrogens (tertiary/aromatic N) is 2. The number of aromatic nitrogens is 2. The van der Waals surface area contributed by atoms with E-state index in [9.17, 15) is 0 Å². The summed E-state index contributed by atoms with van der Waals surface area (Å²) < 4.78 is 2.47. The summed E-state index contributed by atoms with van der Waals surface area (Å²) in [7, 11) is 0. The third-order valence-corrected chi connectivity index (χ3v) is 4.19. The van der Waals surface area contributed by atoms with Gasteiger partial charge in [0.15, 0.2) is 0 Å². The van der Waals surface area contributed by atoms with Gasteiger partial charge < -0.3 is 9.88 Å². The average molecular weight is 241 g/mol. The molecule has 94 valence electrons. The van der Waals surface area contributed by atoms with E-state index in [0.29, 0.717) is 6.04 Å². The molecule has 1 saturated carbocycles. The first-order valence-corrected chi connectivity index (χ1v) is 7.10. The first kappa shape index (κ1) is 10.6. The fourth-order valence-electron chi connectivity index (χ4n) is 3.07. The van der Waals surface area contributed by atoms with E-state index in [1.165, 1.54) is 43.6 Å². The highest BCUT2D eigenvalue weighted by atomic mass is 15.1. The molecule has 18 heavy (non-hydrogen) atoms. The molecule has 2 heterocycles. The highest BCUT2D eigenvalue weighted by molar-refractivity contribution is 5.76. The first-order chi connectivity index (χ1) is 8.92. The summed E-state index contributed by atoms with van der Waals surface area (Å²) in [6.07, 6.45) is 5.26. The minimum atomic E-state index is 0.639. The van der Waals surface area contributed by atoms with Crippen molar-refractivity contribution in [1.82, 2.24) is 14.9 Å². The molecule has 0 radical (unpaired) electrons. The predicted octanol–water partition coefficient (Wildman–Crippen LogP) is 2.67. The fourth-order valence-corrected chi connectivity index (χ4v) is 3.07. The topological polar surface area (TPSA) is 29.9 Å². The summed E-state index contributed by atoms with van der Waals surface area (Å²) in [6, 6.07) is 9.20. The molecule has 1 aromatic carbocycles. The molecule has 2 aliphatic rings. The van der Waals surface area contributed by atoms with Crippen LogP contribution >= 0.6 is 0 Å². The molecule has 1 N–H and O–H groups in total. The van der Waals surface area contributed by atoms with Crippen LogP contribution in [-0.4, -0.2) is 22.1 Å². The lowest BCUT2D eigenvalue weighted by molar-refractivity contribution is 0.505. The monoisotopic (exact) mass is 241 g/mol. The normalized spacial score (nSPS) is 23.9. The Labute approximate surface area is 107 Å². The molecule has 3 heteroatoms. The van der Waals surface area contributed by atoms with E-state index in [1.54, 1.807) is 0 Å². The molecule has 3 nitrogen and oxygen atoms in total. The van der Waals surface area contributed by atoms with Crippen molar-refractivity contribution in [1.29, 1.82) is 0 Å². The molecule has 0 unspecified atom stereocenters. The number of fused-ring (bicyclic) bond motifs is 1. The van der Waals surface area contributed by atoms with Gasteiger partial charge in [0.05, 0.1) is 11.0 Å².